The lowest BCUT2D eigenvalue weighted by molar-refractivity contribution is 0.206. The number of hydrogen-bond donors (Lipinski definition) is 0. The standard InChI is InChI=1S/C23H23F2N/c1-2-14-3-7-19-16(9-14)4-5-17-10-15(6-8-20(17)19)18-11-22(24)21(13-26)23(25)12-18/h6,8,10-12,14,16,19H,2-5,7,9H2,1H3. The van der Waals surface area contributed by atoms with Crippen molar-refractivity contribution >= 4 is 0 Å². The lowest BCUT2D eigenvalue weighted by Gasteiger charge is -2.40. The van der Waals surface area contributed by atoms with Gasteiger partial charge in [0.25, 0.3) is 0 Å². The van der Waals surface area contributed by atoms with E-state index in [0.29, 0.717) is 11.5 Å². The molecule has 4 rings (SSSR count). The van der Waals surface area contributed by atoms with E-state index in [1.54, 1.807) is 6.07 Å². The molecule has 0 saturated heterocycles. The maximum Gasteiger partial charge on any atom is 0.144 e. The van der Waals surface area contributed by atoms with E-state index in [-0.39, 0.29) is 0 Å². The molecular weight excluding hydrogens is 328 g/mol. The highest BCUT2D eigenvalue weighted by molar-refractivity contribution is 5.66. The van der Waals surface area contributed by atoms with Crippen molar-refractivity contribution < 1.29 is 8.78 Å². The minimum absolute atomic E-state index is 0.499. The average Bonchev–Trinajstić information content (AvgIpc) is 2.66. The van der Waals surface area contributed by atoms with Gasteiger partial charge in [-0.3, -0.25) is 0 Å². The molecule has 3 unspecified atom stereocenters. The van der Waals surface area contributed by atoms with Crippen molar-refractivity contribution in [1.29, 1.82) is 5.26 Å². The minimum Gasteiger partial charge on any atom is -0.205 e. The van der Waals surface area contributed by atoms with Gasteiger partial charge in [0.2, 0.25) is 0 Å². The molecule has 0 amide bonds. The largest absolute Gasteiger partial charge is 0.205 e. The highest BCUT2D eigenvalue weighted by atomic mass is 19.1. The van der Waals surface area contributed by atoms with Crippen LogP contribution in [-0.4, -0.2) is 0 Å². The monoisotopic (exact) mass is 351 g/mol. The summed E-state index contributed by atoms with van der Waals surface area (Å²) in [6.45, 7) is 2.30. The van der Waals surface area contributed by atoms with Gasteiger partial charge in [-0.25, -0.2) is 8.78 Å². The molecule has 1 fully saturated rings. The summed E-state index contributed by atoms with van der Waals surface area (Å²) in [5, 5.41) is 8.84. The maximum absolute atomic E-state index is 14.0. The Labute approximate surface area is 153 Å². The molecule has 1 saturated carbocycles. The quantitative estimate of drug-likeness (QED) is 0.617. The molecule has 0 bridgehead atoms. The van der Waals surface area contributed by atoms with E-state index in [1.165, 1.54) is 55.4 Å². The van der Waals surface area contributed by atoms with E-state index in [1.807, 2.05) is 6.07 Å². The second-order valence-corrected chi connectivity index (χ2v) is 7.83. The van der Waals surface area contributed by atoms with Gasteiger partial charge in [0.1, 0.15) is 23.3 Å². The SMILES string of the molecule is CCC1CCC2c3ccc(-c4cc(F)c(C#N)c(F)c4)cc3CCC2C1. The molecule has 0 N–H and O–H groups in total. The van der Waals surface area contributed by atoms with E-state index in [4.69, 9.17) is 5.26 Å². The molecule has 0 heterocycles. The van der Waals surface area contributed by atoms with Crippen LogP contribution in [0.2, 0.25) is 0 Å². The van der Waals surface area contributed by atoms with Crippen LogP contribution in [0, 0.1) is 34.8 Å². The fourth-order valence-corrected chi connectivity index (χ4v) is 5.01. The Kier molecular flexibility index (Phi) is 4.53. The van der Waals surface area contributed by atoms with Crippen LogP contribution in [0.3, 0.4) is 0 Å². The molecular formula is C23H23F2N. The van der Waals surface area contributed by atoms with Crippen LogP contribution in [0.4, 0.5) is 8.78 Å². The summed E-state index contributed by atoms with van der Waals surface area (Å²) in [5.41, 5.74) is 3.57. The van der Waals surface area contributed by atoms with E-state index < -0.39 is 17.2 Å². The first-order valence-corrected chi connectivity index (χ1v) is 9.63. The van der Waals surface area contributed by atoms with Crippen LogP contribution in [0.1, 0.15) is 61.6 Å². The van der Waals surface area contributed by atoms with Gasteiger partial charge in [0, 0.05) is 0 Å². The summed E-state index contributed by atoms with van der Waals surface area (Å²) in [4.78, 5) is 0. The van der Waals surface area contributed by atoms with E-state index in [9.17, 15) is 8.78 Å². The van der Waals surface area contributed by atoms with Crippen molar-refractivity contribution in [2.45, 2.75) is 51.4 Å². The molecule has 134 valence electrons. The highest BCUT2D eigenvalue weighted by Gasteiger charge is 2.34. The van der Waals surface area contributed by atoms with Crippen molar-refractivity contribution in [3.05, 3.63) is 58.7 Å². The van der Waals surface area contributed by atoms with Crippen LogP contribution in [0.15, 0.2) is 30.3 Å². The molecule has 2 aliphatic carbocycles. The molecule has 0 aromatic heterocycles. The van der Waals surface area contributed by atoms with Crippen molar-refractivity contribution in [3.8, 4) is 17.2 Å². The van der Waals surface area contributed by atoms with E-state index in [0.717, 1.165) is 23.8 Å². The topological polar surface area (TPSA) is 23.8 Å². The van der Waals surface area contributed by atoms with Crippen LogP contribution in [0.25, 0.3) is 11.1 Å². The fraction of sp³-hybridized carbons (Fsp3) is 0.435. The lowest BCUT2D eigenvalue weighted by atomic mass is 9.65. The van der Waals surface area contributed by atoms with Gasteiger partial charge in [0.15, 0.2) is 0 Å². The third-order valence-electron chi connectivity index (χ3n) is 6.48. The van der Waals surface area contributed by atoms with Crippen molar-refractivity contribution in [1.82, 2.24) is 0 Å². The van der Waals surface area contributed by atoms with Gasteiger partial charge in [-0.2, -0.15) is 5.26 Å². The van der Waals surface area contributed by atoms with Gasteiger partial charge in [-0.05, 0) is 84.2 Å². The summed E-state index contributed by atoms with van der Waals surface area (Å²) in [5.74, 6) is 0.722. The molecule has 1 nitrogen and oxygen atoms in total. The molecule has 2 aliphatic rings. The van der Waals surface area contributed by atoms with Gasteiger partial charge in [-0.15, -0.1) is 0 Å². The molecule has 3 atom stereocenters. The van der Waals surface area contributed by atoms with Crippen molar-refractivity contribution in [2.24, 2.45) is 11.8 Å². The summed E-state index contributed by atoms with van der Waals surface area (Å²) < 4.78 is 27.9. The van der Waals surface area contributed by atoms with Crippen LogP contribution >= 0.6 is 0 Å². The smallest absolute Gasteiger partial charge is 0.144 e. The van der Waals surface area contributed by atoms with Crippen LogP contribution < -0.4 is 0 Å². The molecule has 2 aromatic rings. The number of nitrogens with zero attached hydrogens (tertiary/aromatic N) is 1. The summed E-state index contributed by atoms with van der Waals surface area (Å²) in [6, 6.07) is 10.4. The number of nitriles is 1. The number of hydrogen-bond acceptors (Lipinski definition) is 1. The van der Waals surface area contributed by atoms with Crippen molar-refractivity contribution in [3.63, 3.8) is 0 Å². The number of benzene rings is 2. The zero-order valence-corrected chi connectivity index (χ0v) is 15.1. The summed E-state index contributed by atoms with van der Waals surface area (Å²) >= 11 is 0. The molecule has 0 aliphatic heterocycles. The Morgan fingerprint density at radius 1 is 1.04 bits per heavy atom. The maximum atomic E-state index is 14.0. The third kappa shape index (κ3) is 2.92. The van der Waals surface area contributed by atoms with Gasteiger partial charge in [-0.1, -0.05) is 31.5 Å². The molecule has 2 aromatic carbocycles. The van der Waals surface area contributed by atoms with Gasteiger partial charge in [0.05, 0.1) is 0 Å². The average molecular weight is 351 g/mol. The fourth-order valence-electron chi connectivity index (χ4n) is 5.01. The second-order valence-electron chi connectivity index (χ2n) is 7.83. The van der Waals surface area contributed by atoms with Crippen LogP contribution in [-0.2, 0) is 6.42 Å². The molecule has 26 heavy (non-hydrogen) atoms. The van der Waals surface area contributed by atoms with Crippen LogP contribution in [0.5, 0.6) is 0 Å². The zero-order valence-electron chi connectivity index (χ0n) is 15.1. The van der Waals surface area contributed by atoms with Gasteiger partial charge >= 0.3 is 0 Å². The number of halogens is 2. The number of fused-ring (bicyclic) bond motifs is 3. The predicted molar refractivity (Wildman–Crippen MR) is 98.7 cm³/mol. The Morgan fingerprint density at radius 2 is 1.81 bits per heavy atom. The predicted octanol–water partition coefficient (Wildman–Crippen LogP) is 6.36. The van der Waals surface area contributed by atoms with E-state index >= 15 is 0 Å². The normalized spacial score (nSPS) is 24.5. The summed E-state index contributed by atoms with van der Waals surface area (Å²) in [7, 11) is 0. The van der Waals surface area contributed by atoms with E-state index in [2.05, 4.69) is 19.1 Å². The Bertz CT molecular complexity index is 857. The zero-order chi connectivity index (χ0) is 18.3. The first-order chi connectivity index (χ1) is 12.6. The number of aryl methyl sites for hydroxylation is 1. The Morgan fingerprint density at radius 3 is 2.50 bits per heavy atom. The second kappa shape index (κ2) is 6.83. The molecule has 3 heteroatoms. The minimum atomic E-state index is -0.793. The first kappa shape index (κ1) is 17.2. The first-order valence-electron chi connectivity index (χ1n) is 9.63. The number of rotatable bonds is 2. The summed E-state index contributed by atoms with van der Waals surface area (Å²) in [6.07, 6.45) is 7.45. The lowest BCUT2D eigenvalue weighted by Crippen LogP contribution is -2.27. The molecule has 0 radical (unpaired) electrons. The van der Waals surface area contributed by atoms with Crippen molar-refractivity contribution in [2.75, 3.05) is 0 Å². The highest BCUT2D eigenvalue weighted by Crippen LogP contribution is 2.48. The molecule has 0 spiro atoms. The van der Waals surface area contributed by atoms with Gasteiger partial charge < -0.3 is 0 Å². The third-order valence-corrected chi connectivity index (χ3v) is 6.48. The Hall–Kier alpha value is -2.21. The Balaban J connectivity index is 1.66.